The summed E-state index contributed by atoms with van der Waals surface area (Å²) in [5.74, 6) is 0.237. The van der Waals surface area contributed by atoms with E-state index in [9.17, 15) is 0 Å². The number of anilines is 1. The lowest BCUT2D eigenvalue weighted by molar-refractivity contribution is 0.983. The average Bonchev–Trinajstić information content (AvgIpc) is 2.50. The number of nitrogens with zero attached hydrogens (tertiary/aromatic N) is 1. The number of nitrogens with one attached hydrogen (secondary N) is 2. The molecule has 0 saturated carbocycles. The maximum Gasteiger partial charge on any atom is 0.191 e. The minimum atomic E-state index is 0.237. The minimum absolute atomic E-state index is 0.237. The van der Waals surface area contributed by atoms with Crippen LogP contribution < -0.4 is 10.7 Å². The first-order valence-corrected chi connectivity index (χ1v) is 7.28. The zero-order valence-corrected chi connectivity index (χ0v) is 13.0. The van der Waals surface area contributed by atoms with Crippen molar-refractivity contribution in [2.45, 2.75) is 19.8 Å². The topological polar surface area (TPSA) is 36.4 Å². The summed E-state index contributed by atoms with van der Waals surface area (Å²) in [6.45, 7) is 4.15. The van der Waals surface area contributed by atoms with Gasteiger partial charge in [-0.15, -0.1) is 0 Å². The second-order valence-corrected chi connectivity index (χ2v) is 5.32. The summed E-state index contributed by atoms with van der Waals surface area (Å²) in [5, 5.41) is 7.75. The Balaban J connectivity index is 1.83. The number of hydrogen-bond donors (Lipinski definition) is 2. The predicted octanol–water partition coefficient (Wildman–Crippen LogP) is 4.07. The summed E-state index contributed by atoms with van der Waals surface area (Å²) in [6.07, 6.45) is 1.85. The van der Waals surface area contributed by atoms with Crippen LogP contribution >= 0.6 is 12.2 Å². The van der Waals surface area contributed by atoms with Gasteiger partial charge in [0.1, 0.15) is 0 Å². The van der Waals surface area contributed by atoms with Crippen LogP contribution in [0.1, 0.15) is 24.0 Å². The maximum absolute atomic E-state index is 5.20. The molecule has 0 aromatic heterocycles. The summed E-state index contributed by atoms with van der Waals surface area (Å²) < 4.78 is 0. The highest BCUT2D eigenvalue weighted by atomic mass is 32.1. The number of aryl methyl sites for hydroxylation is 1. The van der Waals surface area contributed by atoms with Gasteiger partial charge in [0.15, 0.2) is 5.11 Å². The van der Waals surface area contributed by atoms with Gasteiger partial charge in [-0.05, 0) is 36.8 Å². The predicted molar refractivity (Wildman–Crippen MR) is 93.9 cm³/mol. The fourth-order valence-corrected chi connectivity index (χ4v) is 2.02. The van der Waals surface area contributed by atoms with Gasteiger partial charge in [0, 0.05) is 17.8 Å². The largest absolute Gasteiger partial charge is 0.331 e. The van der Waals surface area contributed by atoms with Crippen molar-refractivity contribution in [1.29, 1.82) is 0 Å². The Labute approximate surface area is 131 Å². The fourth-order valence-electron chi connectivity index (χ4n) is 1.85. The quantitative estimate of drug-likeness (QED) is 0.507. The number of thiocarbonyl (C=S) groups is 1. The zero-order chi connectivity index (χ0) is 15.1. The molecular formula is C17H19N3S. The fraction of sp³-hybridized carbons (Fsp3) is 0.176. The van der Waals surface area contributed by atoms with E-state index < -0.39 is 0 Å². The Kier molecular flexibility index (Phi) is 5.46. The maximum atomic E-state index is 5.20. The molecule has 0 unspecified atom stereocenters. The molecule has 0 spiro atoms. The molecule has 0 fully saturated rings. The van der Waals surface area contributed by atoms with E-state index in [0.717, 1.165) is 5.69 Å². The van der Waals surface area contributed by atoms with Crippen LogP contribution in [0, 0.1) is 6.92 Å². The second-order valence-electron chi connectivity index (χ2n) is 4.91. The van der Waals surface area contributed by atoms with Crippen LogP contribution in [0.2, 0.25) is 0 Å². The minimum Gasteiger partial charge on any atom is -0.331 e. The molecule has 4 heteroatoms. The zero-order valence-electron chi connectivity index (χ0n) is 12.2. The van der Waals surface area contributed by atoms with Crippen molar-refractivity contribution < 1.29 is 0 Å². The van der Waals surface area contributed by atoms with E-state index in [1.807, 2.05) is 48.7 Å². The molecule has 0 bridgehead atoms. The van der Waals surface area contributed by atoms with Gasteiger partial charge in [0.25, 0.3) is 0 Å². The van der Waals surface area contributed by atoms with E-state index in [0.29, 0.717) is 5.11 Å². The van der Waals surface area contributed by atoms with E-state index >= 15 is 0 Å². The summed E-state index contributed by atoms with van der Waals surface area (Å²) in [6, 6.07) is 18.3. The van der Waals surface area contributed by atoms with Crippen molar-refractivity contribution >= 4 is 29.2 Å². The third kappa shape index (κ3) is 5.00. The Morgan fingerprint density at radius 3 is 2.43 bits per heavy atom. The normalized spacial score (nSPS) is 12.1. The van der Waals surface area contributed by atoms with Crippen molar-refractivity contribution in [3.8, 4) is 0 Å². The van der Waals surface area contributed by atoms with E-state index in [2.05, 4.69) is 41.8 Å². The van der Waals surface area contributed by atoms with E-state index in [1.54, 1.807) is 0 Å². The first-order valence-electron chi connectivity index (χ1n) is 6.87. The first-order chi connectivity index (χ1) is 10.1. The summed E-state index contributed by atoms with van der Waals surface area (Å²) in [5.41, 5.74) is 6.22. The lowest BCUT2D eigenvalue weighted by Crippen LogP contribution is -2.24. The van der Waals surface area contributed by atoms with Gasteiger partial charge in [-0.25, -0.2) is 0 Å². The SMILES string of the molecule is Cc1ccc(NC(=S)N/N=C\[C@@H](C)c2ccccc2)cc1. The molecule has 3 nitrogen and oxygen atoms in total. The molecule has 0 saturated heterocycles. The summed E-state index contributed by atoms with van der Waals surface area (Å²) in [7, 11) is 0. The highest BCUT2D eigenvalue weighted by molar-refractivity contribution is 7.80. The smallest absolute Gasteiger partial charge is 0.191 e. The van der Waals surface area contributed by atoms with Crippen molar-refractivity contribution in [3.05, 3.63) is 65.7 Å². The van der Waals surface area contributed by atoms with E-state index in [4.69, 9.17) is 12.2 Å². The van der Waals surface area contributed by atoms with Crippen molar-refractivity contribution in [2.24, 2.45) is 5.10 Å². The van der Waals surface area contributed by atoms with Gasteiger partial charge < -0.3 is 5.32 Å². The van der Waals surface area contributed by atoms with Gasteiger partial charge >= 0.3 is 0 Å². The number of rotatable bonds is 4. The molecule has 2 N–H and O–H groups in total. The molecule has 0 heterocycles. The van der Waals surface area contributed by atoms with Crippen LogP contribution in [0.15, 0.2) is 59.7 Å². The molecule has 1 atom stereocenters. The molecule has 0 radical (unpaired) electrons. The highest BCUT2D eigenvalue weighted by Gasteiger charge is 2.01. The third-order valence-corrected chi connectivity index (χ3v) is 3.29. The molecule has 0 aliphatic rings. The molecule has 0 aliphatic heterocycles. The lowest BCUT2D eigenvalue weighted by atomic mass is 10.0. The highest BCUT2D eigenvalue weighted by Crippen LogP contribution is 2.11. The monoisotopic (exact) mass is 297 g/mol. The van der Waals surface area contributed by atoms with Gasteiger partial charge in [0.05, 0.1) is 0 Å². The molecule has 2 rings (SSSR count). The van der Waals surface area contributed by atoms with Crippen LogP contribution in [0.25, 0.3) is 0 Å². The Morgan fingerprint density at radius 1 is 1.10 bits per heavy atom. The van der Waals surface area contributed by atoms with Crippen molar-refractivity contribution in [2.75, 3.05) is 5.32 Å². The van der Waals surface area contributed by atoms with Crippen LogP contribution in [-0.4, -0.2) is 11.3 Å². The van der Waals surface area contributed by atoms with Crippen LogP contribution in [0.4, 0.5) is 5.69 Å². The molecule has 2 aromatic carbocycles. The Hall–Kier alpha value is -2.20. The molecule has 0 amide bonds. The Bertz CT molecular complexity index is 606. The Morgan fingerprint density at radius 2 is 1.76 bits per heavy atom. The molecule has 108 valence electrons. The van der Waals surface area contributed by atoms with Gasteiger partial charge in [-0.3, -0.25) is 5.43 Å². The summed E-state index contributed by atoms with van der Waals surface area (Å²) >= 11 is 5.20. The van der Waals surface area contributed by atoms with E-state index in [-0.39, 0.29) is 5.92 Å². The number of hydrogen-bond acceptors (Lipinski definition) is 2. The summed E-state index contributed by atoms with van der Waals surface area (Å²) in [4.78, 5) is 0. The molecule has 0 aliphatic carbocycles. The van der Waals surface area contributed by atoms with Gasteiger partial charge in [-0.2, -0.15) is 5.10 Å². The first kappa shape index (κ1) is 15.2. The third-order valence-electron chi connectivity index (χ3n) is 3.10. The lowest BCUT2D eigenvalue weighted by Gasteiger charge is -2.08. The molecule has 21 heavy (non-hydrogen) atoms. The molecular weight excluding hydrogens is 278 g/mol. The van der Waals surface area contributed by atoms with Crippen molar-refractivity contribution in [1.82, 2.24) is 5.43 Å². The van der Waals surface area contributed by atoms with Crippen LogP contribution in [-0.2, 0) is 0 Å². The van der Waals surface area contributed by atoms with Crippen LogP contribution in [0.5, 0.6) is 0 Å². The average molecular weight is 297 g/mol. The number of benzene rings is 2. The number of hydrazone groups is 1. The standard InChI is InChI=1S/C17H19N3S/c1-13-8-10-16(11-9-13)19-17(21)20-18-12-14(2)15-6-4-3-5-7-15/h3-12,14H,1-2H3,(H2,19,20,21)/b18-12-/t14-/m1/s1. The van der Waals surface area contributed by atoms with Gasteiger partial charge in [0.2, 0.25) is 0 Å². The van der Waals surface area contributed by atoms with Crippen molar-refractivity contribution in [3.63, 3.8) is 0 Å². The second kappa shape index (κ2) is 7.55. The van der Waals surface area contributed by atoms with Gasteiger partial charge in [-0.1, -0.05) is 55.0 Å². The molecule has 2 aromatic rings. The van der Waals surface area contributed by atoms with Crippen LogP contribution in [0.3, 0.4) is 0 Å². The van der Waals surface area contributed by atoms with E-state index in [1.165, 1.54) is 11.1 Å².